The first-order chi connectivity index (χ1) is 4.95. The highest BCUT2D eigenvalue weighted by Gasteiger charge is 2.17. The molecular weight excluding hydrogens is 152 g/mol. The van der Waals surface area contributed by atoms with Crippen LogP contribution < -0.4 is 5.43 Å². The Bertz CT molecular complexity index is 128. The number of amides is 1. The summed E-state index contributed by atoms with van der Waals surface area (Å²) in [5.41, 5.74) is 1.83. The van der Waals surface area contributed by atoms with E-state index < -0.39 is 18.5 Å². The van der Waals surface area contributed by atoms with Crippen LogP contribution in [0.15, 0.2) is 0 Å². The van der Waals surface area contributed by atoms with E-state index in [2.05, 4.69) is 0 Å². The maximum absolute atomic E-state index is 10.0. The van der Waals surface area contributed by atoms with Crippen molar-refractivity contribution in [3.8, 4) is 0 Å². The summed E-state index contributed by atoms with van der Waals surface area (Å²) in [5, 5.41) is 26.7. The van der Waals surface area contributed by atoms with Crippen LogP contribution in [0.3, 0.4) is 0 Å². The molecule has 0 aliphatic rings. The molecule has 0 aromatic rings. The molecule has 1 amide bonds. The summed E-state index contributed by atoms with van der Waals surface area (Å²) in [6.07, 6.45) is -3.45. The molecule has 6 nitrogen and oxygen atoms in total. The van der Waals surface area contributed by atoms with Gasteiger partial charge >= 0.3 is 6.09 Å². The monoisotopic (exact) mass is 164 g/mol. The lowest BCUT2D eigenvalue weighted by Crippen LogP contribution is -2.51. The summed E-state index contributed by atoms with van der Waals surface area (Å²) < 4.78 is 0. The van der Waals surface area contributed by atoms with Crippen LogP contribution in [0.5, 0.6) is 0 Å². The molecular formula is C5H12N2O4. The summed E-state index contributed by atoms with van der Waals surface area (Å²) in [6.45, 7) is 2.67. The average Bonchev–Trinajstić information content (AvgIpc) is 1.81. The topological polar surface area (TPSA) is 93.0 Å². The van der Waals surface area contributed by atoms with E-state index in [9.17, 15) is 4.79 Å². The number of hydrogen-bond donors (Lipinski definition) is 4. The van der Waals surface area contributed by atoms with Gasteiger partial charge in [-0.1, -0.05) is 0 Å². The molecule has 2 unspecified atom stereocenters. The fourth-order valence-electron chi connectivity index (χ4n) is 0.609. The minimum absolute atomic E-state index is 0.794. The molecule has 0 saturated carbocycles. The molecule has 0 spiro atoms. The molecule has 0 bridgehead atoms. The maximum atomic E-state index is 10.0. The van der Waals surface area contributed by atoms with Crippen molar-refractivity contribution in [3.63, 3.8) is 0 Å². The van der Waals surface area contributed by atoms with Gasteiger partial charge in [0.2, 0.25) is 0 Å². The summed E-state index contributed by atoms with van der Waals surface area (Å²) in [5.74, 6) is 0. The van der Waals surface area contributed by atoms with Crippen molar-refractivity contribution in [1.29, 1.82) is 0 Å². The Morgan fingerprint density at radius 1 is 1.36 bits per heavy atom. The van der Waals surface area contributed by atoms with E-state index in [0.29, 0.717) is 0 Å². The van der Waals surface area contributed by atoms with Gasteiger partial charge in [-0.2, -0.15) is 5.01 Å². The molecule has 0 saturated heterocycles. The fourth-order valence-corrected chi connectivity index (χ4v) is 0.609. The number of nitrogens with one attached hydrogen (secondary N) is 1. The Balaban J connectivity index is 4.00. The number of rotatable bonds is 3. The largest absolute Gasteiger partial charge is 0.464 e. The third kappa shape index (κ3) is 3.76. The van der Waals surface area contributed by atoms with Gasteiger partial charge in [0, 0.05) is 0 Å². The molecule has 66 valence electrons. The Morgan fingerprint density at radius 2 is 1.73 bits per heavy atom. The molecule has 0 fully saturated rings. The molecule has 0 aromatic carbocycles. The highest BCUT2D eigenvalue weighted by Crippen LogP contribution is 1.95. The molecule has 0 radical (unpaired) electrons. The molecule has 4 N–H and O–H groups in total. The van der Waals surface area contributed by atoms with Crippen LogP contribution >= 0.6 is 0 Å². The van der Waals surface area contributed by atoms with Crippen molar-refractivity contribution in [2.45, 2.75) is 26.3 Å². The molecule has 0 rings (SSSR count). The predicted octanol–water partition coefficient (Wildman–Crippen LogP) is -0.852. The van der Waals surface area contributed by atoms with E-state index in [1.54, 1.807) is 0 Å². The van der Waals surface area contributed by atoms with E-state index in [4.69, 9.17) is 15.3 Å². The van der Waals surface area contributed by atoms with Crippen molar-refractivity contribution in [2.24, 2.45) is 0 Å². The van der Waals surface area contributed by atoms with Gasteiger partial charge in [-0.25, -0.2) is 10.2 Å². The molecule has 2 atom stereocenters. The van der Waals surface area contributed by atoms with Gasteiger partial charge in [-0.15, -0.1) is 0 Å². The van der Waals surface area contributed by atoms with Crippen molar-refractivity contribution in [2.75, 3.05) is 0 Å². The van der Waals surface area contributed by atoms with Gasteiger partial charge in [0.05, 0.1) is 0 Å². The molecule has 0 aromatic heterocycles. The molecule has 0 heterocycles. The van der Waals surface area contributed by atoms with Crippen LogP contribution in [0.2, 0.25) is 0 Å². The molecule has 0 aliphatic carbocycles. The standard InChI is InChI=1S/C5H12N2O4/c1-3(8)7(4(2)9)6-5(10)11/h3-4,6,8-9H,1-2H3,(H,10,11). The lowest BCUT2D eigenvalue weighted by Gasteiger charge is -2.26. The van der Waals surface area contributed by atoms with E-state index in [-0.39, 0.29) is 0 Å². The number of carbonyl (C=O) groups is 1. The predicted molar refractivity (Wildman–Crippen MR) is 36.4 cm³/mol. The number of aliphatic hydroxyl groups is 2. The quantitative estimate of drug-likeness (QED) is 0.322. The lowest BCUT2D eigenvalue weighted by atomic mass is 10.5. The van der Waals surface area contributed by atoms with Crippen LogP contribution in [0.1, 0.15) is 13.8 Å². The van der Waals surface area contributed by atoms with E-state index >= 15 is 0 Å². The van der Waals surface area contributed by atoms with Gasteiger partial charge in [0.15, 0.2) is 0 Å². The third-order valence-corrected chi connectivity index (χ3v) is 1.03. The number of hydrazine groups is 1. The number of aliphatic hydroxyl groups excluding tert-OH is 2. The minimum Gasteiger partial charge on any atom is -0.464 e. The van der Waals surface area contributed by atoms with Crippen molar-refractivity contribution < 1.29 is 20.1 Å². The summed E-state index contributed by atoms with van der Waals surface area (Å²) >= 11 is 0. The van der Waals surface area contributed by atoms with Gasteiger partial charge in [-0.05, 0) is 13.8 Å². The Labute approximate surface area is 64.0 Å². The summed E-state index contributed by atoms with van der Waals surface area (Å²) in [7, 11) is 0. The number of carboxylic acid groups (broad SMARTS) is 1. The SMILES string of the molecule is CC(O)N(NC(=O)O)C(C)O. The highest BCUT2D eigenvalue weighted by molar-refractivity contribution is 5.63. The zero-order valence-electron chi connectivity index (χ0n) is 6.35. The lowest BCUT2D eigenvalue weighted by molar-refractivity contribution is -0.110. The third-order valence-electron chi connectivity index (χ3n) is 1.03. The van der Waals surface area contributed by atoms with Gasteiger partial charge < -0.3 is 15.3 Å². The van der Waals surface area contributed by atoms with Crippen LogP contribution in [0.25, 0.3) is 0 Å². The first-order valence-corrected chi connectivity index (χ1v) is 3.09. The van der Waals surface area contributed by atoms with Crippen LogP contribution in [-0.4, -0.2) is 38.9 Å². The second-order valence-electron chi connectivity index (χ2n) is 2.09. The smallest absolute Gasteiger partial charge is 0.419 e. The minimum atomic E-state index is -1.33. The Hall–Kier alpha value is -0.850. The van der Waals surface area contributed by atoms with Gasteiger partial charge in [-0.3, -0.25) is 0 Å². The van der Waals surface area contributed by atoms with Crippen molar-refractivity contribution in [3.05, 3.63) is 0 Å². The average molecular weight is 164 g/mol. The molecule has 6 heteroatoms. The Kier molecular flexibility index (Phi) is 3.80. The number of hydrogen-bond acceptors (Lipinski definition) is 4. The van der Waals surface area contributed by atoms with Crippen molar-refractivity contribution in [1.82, 2.24) is 10.4 Å². The van der Waals surface area contributed by atoms with Crippen LogP contribution in [0.4, 0.5) is 4.79 Å². The first-order valence-electron chi connectivity index (χ1n) is 3.09. The molecule has 11 heavy (non-hydrogen) atoms. The maximum Gasteiger partial charge on any atom is 0.419 e. The second kappa shape index (κ2) is 4.12. The Morgan fingerprint density at radius 3 is 1.82 bits per heavy atom. The zero-order valence-corrected chi connectivity index (χ0v) is 6.35. The van der Waals surface area contributed by atoms with Gasteiger partial charge in [0.25, 0.3) is 0 Å². The van der Waals surface area contributed by atoms with E-state index in [1.165, 1.54) is 13.8 Å². The van der Waals surface area contributed by atoms with E-state index in [0.717, 1.165) is 5.01 Å². The van der Waals surface area contributed by atoms with Crippen LogP contribution in [0, 0.1) is 0 Å². The van der Waals surface area contributed by atoms with Gasteiger partial charge in [0.1, 0.15) is 12.5 Å². The highest BCUT2D eigenvalue weighted by atomic mass is 16.4. The summed E-state index contributed by atoms with van der Waals surface area (Å²) in [6, 6.07) is 0. The normalized spacial score (nSPS) is 16.1. The fraction of sp³-hybridized carbons (Fsp3) is 0.800. The van der Waals surface area contributed by atoms with Crippen molar-refractivity contribution >= 4 is 6.09 Å². The second-order valence-corrected chi connectivity index (χ2v) is 2.09. The van der Waals surface area contributed by atoms with Crippen LogP contribution in [-0.2, 0) is 0 Å². The van der Waals surface area contributed by atoms with E-state index in [1.807, 2.05) is 5.43 Å². The number of nitrogens with zero attached hydrogens (tertiary/aromatic N) is 1. The summed E-state index contributed by atoms with van der Waals surface area (Å²) in [4.78, 5) is 10.0. The molecule has 0 aliphatic heterocycles. The zero-order chi connectivity index (χ0) is 9.02. The first kappa shape index (κ1) is 10.2.